The molecule has 102 valence electrons. The van der Waals surface area contributed by atoms with E-state index in [4.69, 9.17) is 0 Å². The van der Waals surface area contributed by atoms with E-state index in [0.717, 1.165) is 5.56 Å². The first kappa shape index (κ1) is 13.3. The third-order valence-electron chi connectivity index (χ3n) is 3.17. The Balaban J connectivity index is 1.99. The minimum Gasteiger partial charge on any atom is -0.370 e. The molecular formula is C16H14FNS2. The molecule has 0 aliphatic rings. The summed E-state index contributed by atoms with van der Waals surface area (Å²) >= 11 is 3.36. The molecule has 0 bridgehead atoms. The van der Waals surface area contributed by atoms with Crippen LogP contribution in [0, 0.1) is 12.7 Å². The number of para-hydroxylation sites is 1. The number of nitrogens with one attached hydrogen (secondary N) is 1. The van der Waals surface area contributed by atoms with Crippen LogP contribution < -0.4 is 5.32 Å². The predicted octanol–water partition coefficient (Wildman–Crippen LogP) is 5.46. The molecule has 3 aromatic rings. The molecule has 0 saturated heterocycles. The van der Waals surface area contributed by atoms with Gasteiger partial charge in [0, 0.05) is 9.75 Å². The van der Waals surface area contributed by atoms with Gasteiger partial charge < -0.3 is 5.32 Å². The van der Waals surface area contributed by atoms with Gasteiger partial charge in [-0.1, -0.05) is 24.3 Å². The number of halogens is 1. The highest BCUT2D eigenvalue weighted by Gasteiger charge is 2.18. The van der Waals surface area contributed by atoms with Crippen molar-refractivity contribution in [3.63, 3.8) is 0 Å². The smallest absolute Gasteiger partial charge is 0.146 e. The molecule has 0 unspecified atom stereocenters. The van der Waals surface area contributed by atoms with Gasteiger partial charge in [-0.2, -0.15) is 0 Å². The molecule has 1 nitrogen and oxygen atoms in total. The number of benzene rings is 1. The normalized spacial score (nSPS) is 10.9. The van der Waals surface area contributed by atoms with E-state index in [9.17, 15) is 4.39 Å². The van der Waals surface area contributed by atoms with Crippen LogP contribution in [0.1, 0.15) is 21.4 Å². The lowest BCUT2D eigenvalue weighted by atomic mass is 10.1. The van der Waals surface area contributed by atoms with Crippen molar-refractivity contribution in [2.24, 2.45) is 0 Å². The molecule has 0 saturated carbocycles. The predicted molar refractivity (Wildman–Crippen MR) is 85.2 cm³/mol. The molecule has 0 atom stereocenters. The van der Waals surface area contributed by atoms with E-state index in [0.29, 0.717) is 5.69 Å². The topological polar surface area (TPSA) is 12.0 Å². The molecule has 0 aliphatic heterocycles. The average Bonchev–Trinajstić information content (AvgIpc) is 3.12. The van der Waals surface area contributed by atoms with E-state index >= 15 is 0 Å². The summed E-state index contributed by atoms with van der Waals surface area (Å²) in [6.45, 7) is 1.92. The number of hydrogen-bond donors (Lipinski definition) is 1. The lowest BCUT2D eigenvalue weighted by molar-refractivity contribution is 0.628. The summed E-state index contributed by atoms with van der Waals surface area (Å²) in [7, 11) is 0. The maximum Gasteiger partial charge on any atom is 0.146 e. The number of anilines is 1. The van der Waals surface area contributed by atoms with Crippen molar-refractivity contribution in [1.29, 1.82) is 0 Å². The molecule has 0 amide bonds. The molecule has 0 fully saturated rings. The van der Waals surface area contributed by atoms with Gasteiger partial charge in [-0.3, -0.25) is 0 Å². The molecular weight excluding hydrogens is 289 g/mol. The van der Waals surface area contributed by atoms with Gasteiger partial charge in [0.15, 0.2) is 0 Å². The fourth-order valence-corrected chi connectivity index (χ4v) is 3.81. The quantitative estimate of drug-likeness (QED) is 0.675. The Hall–Kier alpha value is -1.65. The van der Waals surface area contributed by atoms with E-state index in [-0.39, 0.29) is 11.9 Å². The van der Waals surface area contributed by atoms with Crippen LogP contribution in [0.3, 0.4) is 0 Å². The summed E-state index contributed by atoms with van der Waals surface area (Å²) in [4.78, 5) is 2.38. The van der Waals surface area contributed by atoms with Gasteiger partial charge in [-0.25, -0.2) is 4.39 Å². The second kappa shape index (κ2) is 5.77. The summed E-state index contributed by atoms with van der Waals surface area (Å²) in [6, 6.07) is 13.4. The van der Waals surface area contributed by atoms with Crippen molar-refractivity contribution in [2.75, 3.05) is 5.32 Å². The Morgan fingerprint density at radius 1 is 0.950 bits per heavy atom. The highest BCUT2D eigenvalue weighted by atomic mass is 32.1. The maximum absolute atomic E-state index is 14.0. The molecule has 1 aromatic carbocycles. The average molecular weight is 303 g/mol. The highest BCUT2D eigenvalue weighted by Crippen LogP contribution is 2.34. The van der Waals surface area contributed by atoms with Gasteiger partial charge in [-0.15, -0.1) is 22.7 Å². The van der Waals surface area contributed by atoms with Crippen LogP contribution in [0.15, 0.2) is 53.2 Å². The summed E-state index contributed by atoms with van der Waals surface area (Å²) in [5.41, 5.74) is 1.50. The maximum atomic E-state index is 14.0. The Morgan fingerprint density at radius 2 is 1.60 bits per heavy atom. The summed E-state index contributed by atoms with van der Waals surface area (Å²) in [6.07, 6.45) is 0. The van der Waals surface area contributed by atoms with Crippen LogP contribution in [0.5, 0.6) is 0 Å². The summed E-state index contributed by atoms with van der Waals surface area (Å²) in [5.74, 6) is -0.205. The summed E-state index contributed by atoms with van der Waals surface area (Å²) in [5, 5.41) is 7.46. The van der Waals surface area contributed by atoms with E-state index in [2.05, 4.69) is 17.4 Å². The molecule has 0 spiro atoms. The molecule has 1 N–H and O–H groups in total. The van der Waals surface area contributed by atoms with Crippen molar-refractivity contribution in [3.8, 4) is 0 Å². The number of thiophene rings is 2. The Bertz CT molecular complexity index is 620. The molecule has 2 heterocycles. The zero-order valence-electron chi connectivity index (χ0n) is 11.0. The molecule has 2 aromatic heterocycles. The minimum absolute atomic E-state index is 0.00519. The van der Waals surface area contributed by atoms with Gasteiger partial charge in [0.2, 0.25) is 0 Å². The fraction of sp³-hybridized carbons (Fsp3) is 0.125. The van der Waals surface area contributed by atoms with Crippen LogP contribution in [-0.4, -0.2) is 0 Å². The lowest BCUT2D eigenvalue weighted by Gasteiger charge is -2.19. The first-order chi connectivity index (χ1) is 9.75. The third-order valence-corrected chi connectivity index (χ3v) is 5.04. The highest BCUT2D eigenvalue weighted by molar-refractivity contribution is 7.11. The fourth-order valence-electron chi connectivity index (χ4n) is 2.15. The summed E-state index contributed by atoms with van der Waals surface area (Å²) < 4.78 is 14.0. The van der Waals surface area contributed by atoms with Crippen molar-refractivity contribution < 1.29 is 4.39 Å². The molecule has 0 radical (unpaired) electrons. The zero-order valence-corrected chi connectivity index (χ0v) is 12.6. The largest absolute Gasteiger partial charge is 0.370 e. The van der Waals surface area contributed by atoms with E-state index in [1.165, 1.54) is 15.8 Å². The monoisotopic (exact) mass is 303 g/mol. The van der Waals surface area contributed by atoms with E-state index in [1.54, 1.807) is 28.7 Å². The van der Waals surface area contributed by atoms with Crippen LogP contribution in [0.25, 0.3) is 0 Å². The van der Waals surface area contributed by atoms with Crippen LogP contribution in [0.4, 0.5) is 10.1 Å². The van der Waals surface area contributed by atoms with Crippen molar-refractivity contribution in [1.82, 2.24) is 0 Å². The minimum atomic E-state index is -0.205. The SMILES string of the molecule is Cc1cccc(F)c1NC(c1cccs1)c1cccs1. The van der Waals surface area contributed by atoms with Gasteiger partial charge >= 0.3 is 0 Å². The number of rotatable bonds is 4. The second-order valence-corrected chi connectivity index (χ2v) is 6.50. The molecule has 4 heteroatoms. The van der Waals surface area contributed by atoms with Crippen molar-refractivity contribution >= 4 is 28.4 Å². The molecule has 0 aliphatic carbocycles. The number of aryl methyl sites for hydroxylation is 1. The van der Waals surface area contributed by atoms with Gasteiger partial charge in [0.1, 0.15) is 5.82 Å². The lowest BCUT2D eigenvalue weighted by Crippen LogP contribution is -2.11. The second-order valence-electron chi connectivity index (χ2n) is 4.54. The Labute approximate surface area is 125 Å². The Morgan fingerprint density at radius 3 is 2.10 bits per heavy atom. The third kappa shape index (κ3) is 2.62. The van der Waals surface area contributed by atoms with Crippen LogP contribution >= 0.6 is 22.7 Å². The van der Waals surface area contributed by atoms with Crippen molar-refractivity contribution in [2.45, 2.75) is 13.0 Å². The standard InChI is InChI=1S/C16H14FNS2/c1-11-5-2-6-12(17)15(11)18-16(13-7-3-9-19-13)14-8-4-10-20-14/h2-10,16,18H,1H3. The van der Waals surface area contributed by atoms with Crippen LogP contribution in [-0.2, 0) is 0 Å². The van der Waals surface area contributed by atoms with Gasteiger partial charge in [0.05, 0.1) is 11.7 Å². The van der Waals surface area contributed by atoms with Crippen LogP contribution in [0.2, 0.25) is 0 Å². The molecule has 3 rings (SSSR count). The Kier molecular flexibility index (Phi) is 3.85. The van der Waals surface area contributed by atoms with E-state index < -0.39 is 0 Å². The zero-order chi connectivity index (χ0) is 13.9. The first-order valence-corrected chi connectivity index (χ1v) is 8.10. The van der Waals surface area contributed by atoms with Gasteiger partial charge in [-0.05, 0) is 41.4 Å². The van der Waals surface area contributed by atoms with E-state index in [1.807, 2.05) is 35.9 Å². The van der Waals surface area contributed by atoms with Gasteiger partial charge in [0.25, 0.3) is 0 Å². The first-order valence-electron chi connectivity index (χ1n) is 6.34. The van der Waals surface area contributed by atoms with Crippen molar-refractivity contribution in [3.05, 3.63) is 74.4 Å². The number of hydrogen-bond acceptors (Lipinski definition) is 3. The molecule has 20 heavy (non-hydrogen) atoms.